The molecule has 1 aromatic rings. The number of allylic oxidation sites excluding steroid dienone is 3. The first kappa shape index (κ1) is 13.7. The lowest BCUT2D eigenvalue weighted by molar-refractivity contribution is -0.161. The van der Waals surface area contributed by atoms with E-state index in [4.69, 9.17) is 0 Å². The third-order valence-corrected chi connectivity index (χ3v) is 3.01. The van der Waals surface area contributed by atoms with E-state index in [1.807, 2.05) is 0 Å². The van der Waals surface area contributed by atoms with Gasteiger partial charge in [-0.25, -0.2) is 0 Å². The Morgan fingerprint density at radius 3 is 2.30 bits per heavy atom. The van der Waals surface area contributed by atoms with Gasteiger partial charge in [0.25, 0.3) is 0 Å². The molecular weight excluding hydrogens is 260 g/mol. The summed E-state index contributed by atoms with van der Waals surface area (Å²) in [5, 5.41) is 26.2. The summed E-state index contributed by atoms with van der Waals surface area (Å²) >= 11 is 0. The maximum atomic E-state index is 11.4. The van der Waals surface area contributed by atoms with Gasteiger partial charge in [0.2, 0.25) is 5.41 Å². The Labute approximate surface area is 114 Å². The minimum Gasteiger partial charge on any atom is -0.480 e. The minimum atomic E-state index is -2.08. The monoisotopic (exact) mass is 272 g/mol. The van der Waals surface area contributed by atoms with E-state index in [0.717, 1.165) is 0 Å². The van der Waals surface area contributed by atoms with Crippen LogP contribution in [0.3, 0.4) is 0 Å². The van der Waals surface area contributed by atoms with Crippen molar-refractivity contribution in [1.82, 2.24) is 0 Å². The molecule has 0 saturated carbocycles. The number of hydrogen-bond donors (Lipinski definition) is 2. The zero-order valence-electron chi connectivity index (χ0n) is 10.4. The number of carboxylic acids is 2. The molecule has 1 aliphatic rings. The minimum absolute atomic E-state index is 0.0937. The molecule has 6 nitrogen and oxygen atoms in total. The second-order valence-corrected chi connectivity index (χ2v) is 4.24. The van der Waals surface area contributed by atoms with Gasteiger partial charge < -0.3 is 10.2 Å². The van der Waals surface area contributed by atoms with Crippen LogP contribution in [0.2, 0.25) is 0 Å². The Balaban J connectivity index is 2.39. The molecule has 1 aliphatic carbocycles. The molecule has 0 heterocycles. The van der Waals surface area contributed by atoms with Crippen molar-refractivity contribution >= 4 is 17.6 Å². The number of nitrogens with zero attached hydrogens (tertiary/aromatic N) is 2. The standard InChI is InChI=1S/C14H12N2O4/c17-12(18)14(13(19)20)9-5-4-8-11(14)16-15-10-6-2-1-3-7-10/h1-8H,9H2,(H,17,18)(H,19,20). The van der Waals surface area contributed by atoms with E-state index < -0.39 is 17.4 Å². The largest absolute Gasteiger partial charge is 0.480 e. The van der Waals surface area contributed by atoms with Gasteiger partial charge in [-0.15, -0.1) is 0 Å². The summed E-state index contributed by atoms with van der Waals surface area (Å²) in [6, 6.07) is 8.69. The quantitative estimate of drug-likeness (QED) is 0.650. The predicted molar refractivity (Wildman–Crippen MR) is 70.5 cm³/mol. The number of rotatable bonds is 4. The molecule has 0 amide bonds. The van der Waals surface area contributed by atoms with Crippen LogP contribution < -0.4 is 0 Å². The molecule has 1 aromatic carbocycles. The Hall–Kier alpha value is -2.76. The van der Waals surface area contributed by atoms with E-state index in [0.29, 0.717) is 5.69 Å². The Kier molecular flexibility index (Phi) is 3.74. The molecule has 102 valence electrons. The summed E-state index contributed by atoms with van der Waals surface area (Å²) in [7, 11) is 0. The van der Waals surface area contributed by atoms with Gasteiger partial charge >= 0.3 is 11.9 Å². The van der Waals surface area contributed by atoms with Gasteiger partial charge in [-0.3, -0.25) is 9.59 Å². The van der Waals surface area contributed by atoms with Crippen LogP contribution in [0.5, 0.6) is 0 Å². The second-order valence-electron chi connectivity index (χ2n) is 4.24. The highest BCUT2D eigenvalue weighted by Crippen LogP contribution is 2.37. The smallest absolute Gasteiger partial charge is 0.327 e. The number of azo groups is 1. The third kappa shape index (κ3) is 2.35. The highest BCUT2D eigenvalue weighted by molar-refractivity contribution is 6.02. The fraction of sp³-hybridized carbons (Fsp3) is 0.143. The first-order valence-electron chi connectivity index (χ1n) is 5.88. The van der Waals surface area contributed by atoms with E-state index >= 15 is 0 Å². The predicted octanol–water partition coefficient (Wildman–Crippen LogP) is 2.77. The lowest BCUT2D eigenvalue weighted by atomic mass is 9.78. The average molecular weight is 272 g/mol. The summed E-state index contributed by atoms with van der Waals surface area (Å²) in [5.74, 6) is -2.90. The van der Waals surface area contributed by atoms with Crippen LogP contribution in [0.25, 0.3) is 0 Å². The van der Waals surface area contributed by atoms with Gasteiger partial charge in [-0.1, -0.05) is 30.4 Å². The molecule has 6 heteroatoms. The van der Waals surface area contributed by atoms with Crippen molar-refractivity contribution in [3.63, 3.8) is 0 Å². The lowest BCUT2D eigenvalue weighted by Crippen LogP contribution is -2.41. The maximum absolute atomic E-state index is 11.4. The lowest BCUT2D eigenvalue weighted by Gasteiger charge is -2.25. The number of benzene rings is 1. The summed E-state index contributed by atoms with van der Waals surface area (Å²) in [4.78, 5) is 22.8. The van der Waals surface area contributed by atoms with Gasteiger partial charge in [-0.05, 0) is 24.6 Å². The van der Waals surface area contributed by atoms with Crippen molar-refractivity contribution in [3.8, 4) is 0 Å². The van der Waals surface area contributed by atoms with Crippen molar-refractivity contribution < 1.29 is 19.8 Å². The van der Waals surface area contributed by atoms with Crippen LogP contribution in [0.4, 0.5) is 5.69 Å². The fourth-order valence-corrected chi connectivity index (χ4v) is 1.86. The Bertz CT molecular complexity index is 603. The molecule has 0 saturated heterocycles. The first-order valence-corrected chi connectivity index (χ1v) is 5.88. The van der Waals surface area contributed by atoms with Gasteiger partial charge in [0.1, 0.15) is 0 Å². The molecule has 0 aromatic heterocycles. The number of aliphatic carboxylic acids is 2. The number of carbonyl (C=O) groups is 2. The summed E-state index contributed by atoms with van der Waals surface area (Å²) in [5.41, 5.74) is -1.65. The van der Waals surface area contributed by atoms with E-state index in [1.165, 1.54) is 12.2 Å². The average Bonchev–Trinajstić information content (AvgIpc) is 2.46. The van der Waals surface area contributed by atoms with Crippen LogP contribution in [-0.4, -0.2) is 22.2 Å². The zero-order valence-corrected chi connectivity index (χ0v) is 10.4. The summed E-state index contributed by atoms with van der Waals surface area (Å²) < 4.78 is 0. The third-order valence-electron chi connectivity index (χ3n) is 3.01. The number of hydrogen-bond acceptors (Lipinski definition) is 4. The van der Waals surface area contributed by atoms with Crippen molar-refractivity contribution in [2.45, 2.75) is 6.42 Å². The molecule has 0 unspecified atom stereocenters. The van der Waals surface area contributed by atoms with Gasteiger partial charge in [-0.2, -0.15) is 10.2 Å². The van der Waals surface area contributed by atoms with E-state index in [1.54, 1.807) is 36.4 Å². The molecule has 0 radical (unpaired) electrons. The van der Waals surface area contributed by atoms with Crippen molar-refractivity contribution in [2.75, 3.05) is 0 Å². The molecule has 2 rings (SSSR count). The molecular formula is C14H12N2O4. The molecule has 0 aliphatic heterocycles. The van der Waals surface area contributed by atoms with Crippen molar-refractivity contribution in [2.24, 2.45) is 15.6 Å². The number of carboxylic acid groups (broad SMARTS) is 2. The van der Waals surface area contributed by atoms with Crippen LogP contribution in [-0.2, 0) is 9.59 Å². The molecule has 0 spiro atoms. The fourth-order valence-electron chi connectivity index (χ4n) is 1.86. The second kappa shape index (κ2) is 5.48. The van der Waals surface area contributed by atoms with E-state index in [2.05, 4.69) is 10.2 Å². The Morgan fingerprint density at radius 1 is 1.05 bits per heavy atom. The normalized spacial score (nSPS) is 16.9. The maximum Gasteiger partial charge on any atom is 0.327 e. The molecule has 0 atom stereocenters. The first-order chi connectivity index (χ1) is 9.57. The van der Waals surface area contributed by atoms with Crippen molar-refractivity contribution in [3.05, 3.63) is 54.3 Å². The topological polar surface area (TPSA) is 99.3 Å². The van der Waals surface area contributed by atoms with Gasteiger partial charge in [0, 0.05) is 0 Å². The van der Waals surface area contributed by atoms with Crippen LogP contribution in [0.1, 0.15) is 6.42 Å². The Morgan fingerprint density at radius 2 is 1.70 bits per heavy atom. The van der Waals surface area contributed by atoms with Crippen molar-refractivity contribution in [1.29, 1.82) is 0 Å². The van der Waals surface area contributed by atoms with Gasteiger partial charge in [0.05, 0.1) is 11.4 Å². The molecule has 0 bridgehead atoms. The van der Waals surface area contributed by atoms with Crippen LogP contribution in [0, 0.1) is 5.41 Å². The zero-order chi connectivity index (χ0) is 14.6. The molecule has 2 N–H and O–H groups in total. The van der Waals surface area contributed by atoms with E-state index in [-0.39, 0.29) is 12.1 Å². The highest BCUT2D eigenvalue weighted by atomic mass is 16.4. The molecule has 0 fully saturated rings. The summed E-state index contributed by atoms with van der Waals surface area (Å²) in [6.07, 6.45) is 4.27. The van der Waals surface area contributed by atoms with E-state index in [9.17, 15) is 19.8 Å². The molecule has 20 heavy (non-hydrogen) atoms. The van der Waals surface area contributed by atoms with Gasteiger partial charge in [0.15, 0.2) is 0 Å². The van der Waals surface area contributed by atoms with Crippen LogP contribution >= 0.6 is 0 Å². The summed E-state index contributed by atoms with van der Waals surface area (Å²) in [6.45, 7) is 0. The van der Waals surface area contributed by atoms with Crippen LogP contribution in [0.15, 0.2) is 64.5 Å². The highest BCUT2D eigenvalue weighted by Gasteiger charge is 2.50. The SMILES string of the molecule is O=C(O)C1(C(=O)O)CC=CC=C1N=Nc1ccccc1.